The molecule has 0 aliphatic rings. The third-order valence-electron chi connectivity index (χ3n) is 8.17. The molecule has 0 aliphatic carbocycles. The van der Waals surface area contributed by atoms with E-state index in [1.807, 2.05) is 0 Å². The van der Waals surface area contributed by atoms with E-state index in [1.54, 1.807) is 0 Å². The normalized spacial score (nSPS) is 13.1. The van der Waals surface area contributed by atoms with Gasteiger partial charge in [-0.15, -0.1) is 0 Å². The lowest BCUT2D eigenvalue weighted by Crippen LogP contribution is -2.28. The van der Waals surface area contributed by atoms with Crippen molar-refractivity contribution in [1.82, 2.24) is 0 Å². The van der Waals surface area contributed by atoms with Crippen LogP contribution in [0, 0.1) is 0 Å². The first-order valence-corrected chi connectivity index (χ1v) is 20.1. The zero-order valence-corrected chi connectivity index (χ0v) is 32.1. The van der Waals surface area contributed by atoms with E-state index in [1.165, 1.54) is 70.6 Å². The van der Waals surface area contributed by atoms with E-state index in [-0.39, 0.29) is 31.6 Å². The zero-order valence-electron chi connectivity index (χ0n) is 32.1. The SMILES string of the molecule is CC/C=C\C/C=C\C/C=C\C/C=C\C/C=C\CCCC(=O)OC(CO)COC(=O)CCCCCCCCCCC/C=C\C/C=C\CCCCC. The van der Waals surface area contributed by atoms with Crippen LogP contribution in [0.1, 0.15) is 168 Å². The maximum absolute atomic E-state index is 12.2. The van der Waals surface area contributed by atoms with Crippen LogP contribution in [0.15, 0.2) is 85.1 Å². The first kappa shape index (κ1) is 47.1. The summed E-state index contributed by atoms with van der Waals surface area (Å²) in [4.78, 5) is 24.3. The molecule has 0 saturated heterocycles. The van der Waals surface area contributed by atoms with Crippen LogP contribution in [0.3, 0.4) is 0 Å². The summed E-state index contributed by atoms with van der Waals surface area (Å²) in [6.07, 6.45) is 55.0. The summed E-state index contributed by atoms with van der Waals surface area (Å²) in [5.41, 5.74) is 0. The summed E-state index contributed by atoms with van der Waals surface area (Å²) >= 11 is 0. The number of ether oxygens (including phenoxy) is 2. The summed E-state index contributed by atoms with van der Waals surface area (Å²) in [6, 6.07) is 0. The molecule has 0 aromatic carbocycles. The second-order valence-electron chi connectivity index (χ2n) is 13.0. The van der Waals surface area contributed by atoms with Gasteiger partial charge in [-0.2, -0.15) is 0 Å². The minimum absolute atomic E-state index is 0.0954. The van der Waals surface area contributed by atoms with Gasteiger partial charge in [0.15, 0.2) is 6.10 Å². The van der Waals surface area contributed by atoms with Crippen molar-refractivity contribution in [1.29, 1.82) is 0 Å². The molecule has 0 radical (unpaired) electrons. The van der Waals surface area contributed by atoms with Gasteiger partial charge in [0.2, 0.25) is 0 Å². The molecule has 0 aromatic heterocycles. The Bertz CT molecular complexity index is 968. The summed E-state index contributed by atoms with van der Waals surface area (Å²) < 4.78 is 10.6. The lowest BCUT2D eigenvalue weighted by Gasteiger charge is -2.15. The van der Waals surface area contributed by atoms with Gasteiger partial charge in [0.05, 0.1) is 6.61 Å². The Morgan fingerprint density at radius 1 is 0.480 bits per heavy atom. The smallest absolute Gasteiger partial charge is 0.306 e. The molecule has 0 spiro atoms. The number of hydrogen-bond acceptors (Lipinski definition) is 5. The monoisotopic (exact) mass is 695 g/mol. The van der Waals surface area contributed by atoms with Gasteiger partial charge in [-0.3, -0.25) is 9.59 Å². The molecular weight excluding hydrogens is 620 g/mol. The number of esters is 2. The average molecular weight is 695 g/mol. The highest BCUT2D eigenvalue weighted by atomic mass is 16.6. The summed E-state index contributed by atoms with van der Waals surface area (Å²) in [5.74, 6) is -0.671. The van der Waals surface area contributed by atoms with Crippen molar-refractivity contribution in [2.45, 2.75) is 174 Å². The molecule has 0 rings (SSSR count). The molecular formula is C45H74O5. The Kier molecular flexibility index (Phi) is 38.1. The van der Waals surface area contributed by atoms with Crippen molar-refractivity contribution in [3.05, 3.63) is 85.1 Å². The van der Waals surface area contributed by atoms with Crippen molar-refractivity contribution in [2.75, 3.05) is 13.2 Å². The number of aliphatic hydroxyl groups excluding tert-OH is 1. The van der Waals surface area contributed by atoms with Gasteiger partial charge in [0, 0.05) is 12.8 Å². The second-order valence-corrected chi connectivity index (χ2v) is 13.0. The van der Waals surface area contributed by atoms with E-state index < -0.39 is 6.10 Å². The summed E-state index contributed by atoms with van der Waals surface area (Å²) in [7, 11) is 0. The molecule has 5 heteroatoms. The number of carbonyl (C=O) groups is 2. The Morgan fingerprint density at radius 3 is 1.36 bits per heavy atom. The van der Waals surface area contributed by atoms with Crippen LogP contribution in [0.4, 0.5) is 0 Å². The van der Waals surface area contributed by atoms with E-state index >= 15 is 0 Å². The Morgan fingerprint density at radius 2 is 0.880 bits per heavy atom. The van der Waals surface area contributed by atoms with Crippen molar-refractivity contribution in [3.63, 3.8) is 0 Å². The van der Waals surface area contributed by atoms with Crippen LogP contribution in [0.5, 0.6) is 0 Å². The molecule has 1 atom stereocenters. The van der Waals surface area contributed by atoms with Gasteiger partial charge in [-0.25, -0.2) is 0 Å². The molecule has 0 fully saturated rings. The van der Waals surface area contributed by atoms with Crippen molar-refractivity contribution in [3.8, 4) is 0 Å². The Labute approximate surface area is 307 Å². The van der Waals surface area contributed by atoms with Gasteiger partial charge >= 0.3 is 11.9 Å². The fourth-order valence-corrected chi connectivity index (χ4v) is 5.15. The van der Waals surface area contributed by atoms with Gasteiger partial charge in [-0.05, 0) is 83.5 Å². The first-order chi connectivity index (χ1) is 24.6. The molecule has 0 aromatic rings. The largest absolute Gasteiger partial charge is 0.462 e. The highest BCUT2D eigenvalue weighted by molar-refractivity contribution is 5.70. The van der Waals surface area contributed by atoms with Crippen molar-refractivity contribution >= 4 is 11.9 Å². The maximum Gasteiger partial charge on any atom is 0.306 e. The molecule has 0 heterocycles. The van der Waals surface area contributed by atoms with E-state index in [2.05, 4.69) is 98.9 Å². The second kappa shape index (κ2) is 40.5. The van der Waals surface area contributed by atoms with Crippen LogP contribution >= 0.6 is 0 Å². The van der Waals surface area contributed by atoms with Crippen LogP contribution in [-0.2, 0) is 19.1 Å². The van der Waals surface area contributed by atoms with Gasteiger partial charge in [-0.1, -0.05) is 157 Å². The molecule has 284 valence electrons. The van der Waals surface area contributed by atoms with E-state index in [9.17, 15) is 14.7 Å². The number of unbranched alkanes of at least 4 members (excludes halogenated alkanes) is 13. The Balaban J connectivity index is 3.67. The number of allylic oxidation sites excluding steroid dienone is 14. The predicted molar refractivity (Wildman–Crippen MR) is 214 cm³/mol. The summed E-state index contributed by atoms with van der Waals surface area (Å²) in [6.45, 7) is 3.93. The fourth-order valence-electron chi connectivity index (χ4n) is 5.15. The van der Waals surface area contributed by atoms with Gasteiger partial charge in [0.25, 0.3) is 0 Å². The maximum atomic E-state index is 12.2. The quantitative estimate of drug-likeness (QED) is 0.0406. The van der Waals surface area contributed by atoms with E-state index in [4.69, 9.17) is 9.47 Å². The topological polar surface area (TPSA) is 72.8 Å². The van der Waals surface area contributed by atoms with Crippen LogP contribution < -0.4 is 0 Å². The average Bonchev–Trinajstić information content (AvgIpc) is 3.12. The first-order valence-electron chi connectivity index (χ1n) is 20.1. The number of carbonyl (C=O) groups excluding carboxylic acids is 2. The summed E-state index contributed by atoms with van der Waals surface area (Å²) in [5, 5.41) is 9.55. The lowest BCUT2D eigenvalue weighted by molar-refractivity contribution is -0.161. The standard InChI is InChI=1S/C45H74O5/c1-3-5-7-9-11-13-15-17-19-21-22-24-25-27-29-31-33-35-37-39-44(47)49-42-43(41-46)50-45(48)40-38-36-34-32-30-28-26-23-20-18-16-14-12-10-8-6-4-2/h6,8,11-14,17-20,26,28,32,34,43,46H,3-5,7,9-10,15-16,21-25,27,29-31,33,35-42H2,1-2H3/b8-6-,13-11-,14-12-,19-17-,20-18-,28-26-,34-32-. The molecule has 0 aliphatic heterocycles. The van der Waals surface area contributed by atoms with E-state index in [0.717, 1.165) is 64.2 Å². The van der Waals surface area contributed by atoms with E-state index in [0.29, 0.717) is 12.8 Å². The number of aliphatic hydroxyl groups is 1. The molecule has 5 nitrogen and oxygen atoms in total. The van der Waals surface area contributed by atoms with Crippen molar-refractivity contribution in [2.24, 2.45) is 0 Å². The number of rotatable bonds is 35. The van der Waals surface area contributed by atoms with Crippen LogP contribution in [0.2, 0.25) is 0 Å². The van der Waals surface area contributed by atoms with Gasteiger partial charge in [0.1, 0.15) is 6.61 Å². The number of hydrogen-bond donors (Lipinski definition) is 1. The van der Waals surface area contributed by atoms with Gasteiger partial charge < -0.3 is 14.6 Å². The molecule has 1 N–H and O–H groups in total. The van der Waals surface area contributed by atoms with Crippen molar-refractivity contribution < 1.29 is 24.2 Å². The Hall–Kier alpha value is -2.92. The minimum atomic E-state index is -0.807. The molecule has 1 unspecified atom stereocenters. The molecule has 0 saturated carbocycles. The third kappa shape index (κ3) is 37.9. The highest BCUT2D eigenvalue weighted by Gasteiger charge is 2.15. The highest BCUT2D eigenvalue weighted by Crippen LogP contribution is 2.12. The molecule has 0 bridgehead atoms. The lowest BCUT2D eigenvalue weighted by atomic mass is 10.1. The molecule has 0 amide bonds. The molecule has 50 heavy (non-hydrogen) atoms. The van der Waals surface area contributed by atoms with Crippen LogP contribution in [-0.4, -0.2) is 36.4 Å². The third-order valence-corrected chi connectivity index (χ3v) is 8.17. The zero-order chi connectivity index (χ0) is 36.4. The van der Waals surface area contributed by atoms with Crippen LogP contribution in [0.25, 0.3) is 0 Å². The predicted octanol–water partition coefficient (Wildman–Crippen LogP) is 12.7. The fraction of sp³-hybridized carbons (Fsp3) is 0.644. The minimum Gasteiger partial charge on any atom is -0.462 e.